The molecule has 0 aromatic heterocycles. The van der Waals surface area contributed by atoms with Gasteiger partial charge in [-0.3, -0.25) is 4.79 Å². The highest BCUT2D eigenvalue weighted by molar-refractivity contribution is 9.03. The Morgan fingerprint density at radius 2 is 1.65 bits per heavy atom. The van der Waals surface area contributed by atoms with Crippen LogP contribution in [-0.2, 0) is 16.6 Å². The van der Waals surface area contributed by atoms with Crippen molar-refractivity contribution in [3.8, 4) is 11.5 Å². The van der Waals surface area contributed by atoms with E-state index in [0.29, 0.717) is 11.5 Å². The summed E-state index contributed by atoms with van der Waals surface area (Å²) < 4.78 is 3.27. The molecule has 0 bridgehead atoms. The van der Waals surface area contributed by atoms with E-state index < -0.39 is 4.44 Å². The van der Waals surface area contributed by atoms with E-state index in [1.165, 1.54) is 12.5 Å². The molecule has 3 nitrogen and oxygen atoms in total. The van der Waals surface area contributed by atoms with Gasteiger partial charge >= 0.3 is 5.97 Å². The highest BCUT2D eigenvalue weighted by Gasteiger charge is 2.19. The van der Waals surface area contributed by atoms with Gasteiger partial charge in [0.15, 0.2) is 0 Å². The minimum Gasteiger partial charge on any atom is -0.508 e. The zero-order chi connectivity index (χ0) is 19.7. The van der Waals surface area contributed by atoms with Crippen LogP contribution in [0.1, 0.15) is 19.4 Å². The topological polar surface area (TPSA) is 46.5 Å². The molecule has 2 rings (SSSR count). The van der Waals surface area contributed by atoms with Crippen LogP contribution in [0.25, 0.3) is 0 Å². The second-order valence-corrected chi connectivity index (χ2v) is 16.8. The molecule has 0 saturated heterocycles. The maximum atomic E-state index is 10.8. The largest absolute Gasteiger partial charge is 0.508 e. The lowest BCUT2D eigenvalue weighted by Crippen LogP contribution is -2.04. The van der Waals surface area contributed by atoms with Gasteiger partial charge in [0.05, 0.1) is 4.44 Å². The van der Waals surface area contributed by atoms with Crippen LogP contribution in [0.3, 0.4) is 0 Å². The van der Waals surface area contributed by atoms with E-state index >= 15 is 0 Å². The van der Waals surface area contributed by atoms with Crippen molar-refractivity contribution in [1.29, 1.82) is 0 Å². The van der Waals surface area contributed by atoms with Gasteiger partial charge in [-0.2, -0.15) is 0 Å². The molecular formula is C19H23O3PS3. The summed E-state index contributed by atoms with van der Waals surface area (Å²) in [5, 5.41) is 9.86. The Balaban J connectivity index is 0.000000350. The van der Waals surface area contributed by atoms with Crippen molar-refractivity contribution in [2.75, 3.05) is 6.26 Å². The number of rotatable bonds is 5. The summed E-state index contributed by atoms with van der Waals surface area (Å²) in [5.74, 6) is 0.563. The maximum absolute atomic E-state index is 10.8. The lowest BCUT2D eigenvalue weighted by Gasteiger charge is -2.19. The second-order valence-electron chi connectivity index (χ2n) is 5.40. The molecule has 0 saturated carbocycles. The van der Waals surface area contributed by atoms with E-state index in [0.717, 1.165) is 10.2 Å². The number of carbonyl (C=O) groups is 1. The highest BCUT2D eigenvalue weighted by Crippen LogP contribution is 2.69. The molecule has 0 aliphatic heterocycles. The first-order chi connectivity index (χ1) is 12.2. The van der Waals surface area contributed by atoms with Crippen LogP contribution in [0.2, 0.25) is 0 Å². The Labute approximate surface area is 168 Å². The monoisotopic (exact) mass is 426 g/mol. The van der Waals surface area contributed by atoms with Crippen molar-refractivity contribution < 1.29 is 14.6 Å². The van der Waals surface area contributed by atoms with Crippen molar-refractivity contribution in [3.63, 3.8) is 0 Å². The summed E-state index contributed by atoms with van der Waals surface area (Å²) in [6, 6.07) is 14.5. The van der Waals surface area contributed by atoms with E-state index in [-0.39, 0.29) is 5.97 Å². The summed E-state index contributed by atoms with van der Waals surface area (Å²) in [5.41, 5.74) is 1.17. The average molecular weight is 427 g/mol. The molecule has 0 spiro atoms. The molecule has 0 fully saturated rings. The third-order valence-corrected chi connectivity index (χ3v) is 13.9. The third kappa shape index (κ3) is 8.00. The molecule has 1 N–H and O–H groups in total. The summed E-state index contributed by atoms with van der Waals surface area (Å²) in [4.78, 5) is 11.9. The van der Waals surface area contributed by atoms with Crippen LogP contribution in [0.5, 0.6) is 11.5 Å². The van der Waals surface area contributed by atoms with E-state index in [1.54, 1.807) is 47.0 Å². The highest BCUT2D eigenvalue weighted by atomic mass is 33.2. The van der Waals surface area contributed by atoms with Crippen molar-refractivity contribution in [3.05, 3.63) is 65.6 Å². The van der Waals surface area contributed by atoms with Crippen LogP contribution in [0.15, 0.2) is 60.0 Å². The Morgan fingerprint density at radius 1 is 1.12 bits per heavy atom. The number of phenols is 1. The van der Waals surface area contributed by atoms with Gasteiger partial charge in [0.1, 0.15) is 11.5 Å². The second kappa shape index (κ2) is 10.8. The zero-order valence-electron chi connectivity index (χ0n) is 15.3. The molecule has 0 aliphatic rings. The lowest BCUT2D eigenvalue weighted by molar-refractivity contribution is -0.131. The van der Waals surface area contributed by atoms with E-state index in [1.807, 2.05) is 44.4 Å². The Hall–Kier alpha value is -1.20. The maximum Gasteiger partial charge on any atom is 0.308 e. The first-order valence-electron chi connectivity index (χ1n) is 7.72. The van der Waals surface area contributed by atoms with Crippen LogP contribution in [0, 0.1) is 6.92 Å². The van der Waals surface area contributed by atoms with Crippen molar-refractivity contribution in [2.45, 2.75) is 20.8 Å². The molecule has 2 aromatic rings. The number of allylic oxidation sites excluding steroid dienone is 1. The number of hydrogen-bond donors (Lipinski definition) is 1. The Morgan fingerprint density at radius 3 is 2.04 bits per heavy atom. The lowest BCUT2D eigenvalue weighted by atomic mass is 10.2. The number of carbonyl (C=O) groups excluding carboxylic acids is 1. The molecule has 0 radical (unpaired) electrons. The molecule has 2 aromatic carbocycles. The number of aromatic hydroxyl groups is 1. The molecule has 140 valence electrons. The molecule has 1 atom stereocenters. The number of phenolic OH excluding ortho intramolecular Hbond substituents is 1. The standard InChI is InChI=1S/C12H15O2PS3.C7H8O/c1-9(2)18-15(16,17-4)12-7-5-11(6-8-12)14-10(3)13;1-6-2-4-7(8)5-3-6/h5-8H,1H2,2-4H3;2-5,8H,1H3. The predicted molar refractivity (Wildman–Crippen MR) is 120 cm³/mol. The van der Waals surface area contributed by atoms with E-state index in [4.69, 9.17) is 21.7 Å². The minimum atomic E-state index is -1.74. The van der Waals surface area contributed by atoms with Crippen LogP contribution in [-0.4, -0.2) is 17.3 Å². The van der Waals surface area contributed by atoms with Crippen molar-refractivity contribution in [2.24, 2.45) is 0 Å². The van der Waals surface area contributed by atoms with Crippen LogP contribution in [0.4, 0.5) is 0 Å². The van der Waals surface area contributed by atoms with E-state index in [2.05, 4.69) is 6.58 Å². The first kappa shape index (κ1) is 22.8. The van der Waals surface area contributed by atoms with Gasteiger partial charge in [0.2, 0.25) is 0 Å². The fraction of sp³-hybridized carbons (Fsp3) is 0.211. The average Bonchev–Trinajstić information content (AvgIpc) is 2.57. The molecular weight excluding hydrogens is 403 g/mol. The number of hydrogen-bond acceptors (Lipinski definition) is 6. The third-order valence-electron chi connectivity index (χ3n) is 2.96. The summed E-state index contributed by atoms with van der Waals surface area (Å²) in [6.45, 7) is 9.25. The van der Waals surface area contributed by atoms with Gasteiger partial charge in [-0.1, -0.05) is 47.5 Å². The normalized spacial score (nSPS) is 12.3. The quantitative estimate of drug-likeness (QED) is 0.366. The number of esters is 1. The fourth-order valence-electron chi connectivity index (χ4n) is 1.81. The Bertz CT molecular complexity index is 766. The molecule has 1 unspecified atom stereocenters. The number of benzene rings is 2. The van der Waals surface area contributed by atoms with Gasteiger partial charge in [0.25, 0.3) is 0 Å². The van der Waals surface area contributed by atoms with E-state index in [9.17, 15) is 4.79 Å². The molecule has 0 heterocycles. The predicted octanol–water partition coefficient (Wildman–Crippen LogP) is 5.88. The first-order valence-corrected chi connectivity index (χ1v) is 13.8. The summed E-state index contributed by atoms with van der Waals surface area (Å²) in [7, 11) is 0. The van der Waals surface area contributed by atoms with Gasteiger partial charge < -0.3 is 9.84 Å². The fourth-order valence-corrected chi connectivity index (χ4v) is 9.58. The van der Waals surface area contributed by atoms with Crippen molar-refractivity contribution in [1.82, 2.24) is 0 Å². The zero-order valence-corrected chi connectivity index (χ0v) is 18.6. The number of aryl methyl sites for hydroxylation is 1. The molecule has 26 heavy (non-hydrogen) atoms. The van der Waals surface area contributed by atoms with Gasteiger partial charge in [-0.05, 0) is 61.4 Å². The van der Waals surface area contributed by atoms with Crippen molar-refractivity contribution >= 4 is 50.3 Å². The SMILES string of the molecule is C=C(C)SP(=S)(SC)c1ccc(OC(C)=O)cc1.Cc1ccc(O)cc1. The molecule has 0 amide bonds. The molecule has 0 aliphatic carbocycles. The Kier molecular flexibility index (Phi) is 9.51. The smallest absolute Gasteiger partial charge is 0.308 e. The summed E-state index contributed by atoms with van der Waals surface area (Å²) in [6.07, 6.45) is 2.02. The molecule has 7 heteroatoms. The van der Waals surface area contributed by atoms with Crippen LogP contribution >= 0.6 is 27.2 Å². The minimum absolute atomic E-state index is 0.316. The van der Waals surface area contributed by atoms with Gasteiger partial charge in [-0.25, -0.2) is 0 Å². The summed E-state index contributed by atoms with van der Waals surface area (Å²) >= 11 is 9.10. The van der Waals surface area contributed by atoms with Gasteiger partial charge in [0, 0.05) is 12.2 Å². The number of ether oxygens (including phenoxy) is 1. The van der Waals surface area contributed by atoms with Crippen LogP contribution < -0.4 is 10.0 Å². The van der Waals surface area contributed by atoms with Gasteiger partial charge in [-0.15, -0.1) is 11.4 Å².